The maximum atomic E-state index is 10.1. The first-order valence-electron chi connectivity index (χ1n) is 8.64. The molecule has 0 bridgehead atoms. The number of hydrogen-bond donors (Lipinski definition) is 0. The Morgan fingerprint density at radius 1 is 0.429 bits per heavy atom. The normalized spacial score (nSPS) is 20.9. The number of hydrogen-bond acceptors (Lipinski definition) is 12. The number of esters is 2. The van der Waals surface area contributed by atoms with Crippen LogP contribution in [0.2, 0.25) is 0 Å². The van der Waals surface area contributed by atoms with Gasteiger partial charge in [0.05, 0.1) is 39.6 Å². The van der Waals surface area contributed by atoms with E-state index in [1.165, 1.54) is 0 Å². The number of ether oxygens (including phenoxy) is 8. The number of cyclic esters (lactones) is 6. The molecule has 0 spiro atoms. The number of rotatable bonds is 0. The van der Waals surface area contributed by atoms with Crippen LogP contribution < -0.4 is 0 Å². The molecule has 4 heterocycles. The molecule has 4 rings (SSSR count). The monoisotopic (exact) mass is 408 g/mol. The Morgan fingerprint density at radius 2 is 0.786 bits per heavy atom. The van der Waals surface area contributed by atoms with E-state index in [4.69, 9.17) is 9.47 Å². The first-order chi connectivity index (χ1) is 13.6. The zero-order chi connectivity index (χ0) is 20.5. The van der Waals surface area contributed by atoms with Crippen LogP contribution in [0.5, 0.6) is 0 Å². The van der Waals surface area contributed by atoms with Gasteiger partial charge >= 0.3 is 24.2 Å². The molecule has 0 N–H and O–H groups in total. The van der Waals surface area contributed by atoms with Crippen LogP contribution in [0.4, 0.5) is 9.59 Å². The van der Waals surface area contributed by atoms with Crippen molar-refractivity contribution in [2.75, 3.05) is 66.1 Å². The lowest BCUT2D eigenvalue weighted by Crippen LogP contribution is -2.22. The molecule has 0 aliphatic carbocycles. The highest BCUT2D eigenvalue weighted by molar-refractivity contribution is 5.71. The van der Waals surface area contributed by atoms with Crippen LogP contribution in [0.3, 0.4) is 0 Å². The van der Waals surface area contributed by atoms with E-state index in [0.717, 1.165) is 12.8 Å². The lowest BCUT2D eigenvalue weighted by molar-refractivity contribution is -0.159. The van der Waals surface area contributed by atoms with Gasteiger partial charge in [0.15, 0.2) is 0 Å². The molecule has 0 saturated carbocycles. The molecular formula is C16H24O12. The minimum Gasteiger partial charge on any atom is -0.462 e. The molecule has 0 atom stereocenters. The molecule has 0 unspecified atom stereocenters. The summed E-state index contributed by atoms with van der Waals surface area (Å²) in [6.07, 6.45) is 0.579. The quantitative estimate of drug-likeness (QED) is 0.399. The summed E-state index contributed by atoms with van der Waals surface area (Å²) in [5, 5.41) is 0. The van der Waals surface area contributed by atoms with Crippen molar-refractivity contribution in [2.24, 2.45) is 0 Å². The van der Waals surface area contributed by atoms with Crippen molar-refractivity contribution >= 4 is 24.2 Å². The molecule has 4 aliphatic heterocycles. The summed E-state index contributed by atoms with van der Waals surface area (Å²) >= 11 is 0. The van der Waals surface area contributed by atoms with Crippen LogP contribution >= 0.6 is 0 Å². The maximum absolute atomic E-state index is 10.1. The van der Waals surface area contributed by atoms with Gasteiger partial charge in [-0.25, -0.2) is 19.2 Å². The smallest absolute Gasteiger partial charge is 0.462 e. The molecule has 0 aromatic rings. The molecule has 4 aliphatic rings. The van der Waals surface area contributed by atoms with Crippen LogP contribution in [0.15, 0.2) is 0 Å². The Balaban J connectivity index is 0.000000187. The van der Waals surface area contributed by atoms with Gasteiger partial charge in [0, 0.05) is 12.8 Å². The number of carbonyl (C=O) groups is 4. The fourth-order valence-corrected chi connectivity index (χ4v) is 1.65. The topological polar surface area (TPSA) is 142 Å². The molecule has 160 valence electrons. The molecule has 12 heteroatoms. The van der Waals surface area contributed by atoms with Crippen LogP contribution in [0, 0.1) is 0 Å². The summed E-state index contributed by atoms with van der Waals surface area (Å²) in [4.78, 5) is 40.3. The molecule has 4 fully saturated rings. The van der Waals surface area contributed by atoms with Crippen molar-refractivity contribution in [1.29, 1.82) is 0 Å². The summed E-state index contributed by atoms with van der Waals surface area (Å²) in [5.41, 5.74) is 0. The van der Waals surface area contributed by atoms with Gasteiger partial charge in [0.1, 0.15) is 26.4 Å². The Kier molecular flexibility index (Phi) is 12.9. The van der Waals surface area contributed by atoms with E-state index >= 15 is 0 Å². The van der Waals surface area contributed by atoms with E-state index in [0.29, 0.717) is 52.9 Å². The second kappa shape index (κ2) is 15.5. The summed E-state index contributed by atoms with van der Waals surface area (Å²) in [6, 6.07) is 0. The van der Waals surface area contributed by atoms with Crippen LogP contribution in [0.1, 0.15) is 12.8 Å². The first-order valence-corrected chi connectivity index (χ1v) is 8.64. The molecule has 0 aromatic heterocycles. The fraction of sp³-hybridized carbons (Fsp3) is 0.750. The van der Waals surface area contributed by atoms with Gasteiger partial charge in [0.25, 0.3) is 0 Å². The van der Waals surface area contributed by atoms with Gasteiger partial charge < -0.3 is 37.9 Å². The molecule has 0 radical (unpaired) electrons. The minimum atomic E-state index is -0.536. The van der Waals surface area contributed by atoms with Gasteiger partial charge in [-0.2, -0.15) is 0 Å². The predicted molar refractivity (Wildman–Crippen MR) is 87.4 cm³/mol. The van der Waals surface area contributed by atoms with E-state index in [1.807, 2.05) is 0 Å². The average Bonchev–Trinajstić information content (AvgIpc) is 2.72. The third-order valence-corrected chi connectivity index (χ3v) is 2.88. The molecule has 4 saturated heterocycles. The van der Waals surface area contributed by atoms with Crippen molar-refractivity contribution in [3.05, 3.63) is 0 Å². The van der Waals surface area contributed by atoms with Crippen LogP contribution in [-0.2, 0) is 47.5 Å². The molecule has 12 nitrogen and oxygen atoms in total. The summed E-state index contributed by atoms with van der Waals surface area (Å²) in [7, 11) is 0. The molecule has 0 amide bonds. The Bertz CT molecular complexity index is 372. The van der Waals surface area contributed by atoms with E-state index in [9.17, 15) is 19.2 Å². The van der Waals surface area contributed by atoms with Gasteiger partial charge in [0.2, 0.25) is 0 Å². The number of carbonyl (C=O) groups excluding carboxylic acids is 4. The summed E-state index contributed by atoms with van der Waals surface area (Å²) in [5.74, 6) is -0.516. The zero-order valence-corrected chi connectivity index (χ0v) is 15.4. The van der Waals surface area contributed by atoms with Crippen molar-refractivity contribution < 1.29 is 57.1 Å². The second-order valence-corrected chi connectivity index (χ2v) is 5.15. The maximum Gasteiger partial charge on any atom is 0.508 e. The van der Waals surface area contributed by atoms with Gasteiger partial charge in [-0.05, 0) is 0 Å². The Morgan fingerprint density at radius 3 is 0.929 bits per heavy atom. The lowest BCUT2D eigenvalue weighted by atomic mass is 10.5. The van der Waals surface area contributed by atoms with Gasteiger partial charge in [-0.3, -0.25) is 0 Å². The van der Waals surface area contributed by atoms with Crippen molar-refractivity contribution in [3.63, 3.8) is 0 Å². The van der Waals surface area contributed by atoms with Crippen molar-refractivity contribution in [2.45, 2.75) is 12.8 Å². The summed E-state index contributed by atoms with van der Waals surface area (Å²) < 4.78 is 36.1. The average molecular weight is 408 g/mol. The molecular weight excluding hydrogens is 384 g/mol. The van der Waals surface area contributed by atoms with Crippen molar-refractivity contribution in [3.8, 4) is 0 Å². The van der Waals surface area contributed by atoms with E-state index in [-0.39, 0.29) is 25.2 Å². The predicted octanol–water partition coefficient (Wildman–Crippen LogP) is 0.206. The standard InChI is InChI=1S/4C4H6O3/c2*5-4-3-6-1-2-7-4;2*5-4-6-2-1-3-7-4/h4*1-3H2. The SMILES string of the molecule is O=C1COCCO1.O=C1COCCO1.O=C1OCCCO1.O=C1OCCCO1. The fourth-order valence-electron chi connectivity index (χ4n) is 1.65. The van der Waals surface area contributed by atoms with E-state index in [2.05, 4.69) is 28.4 Å². The highest BCUT2D eigenvalue weighted by Gasteiger charge is 2.09. The highest BCUT2D eigenvalue weighted by Crippen LogP contribution is 1.96. The van der Waals surface area contributed by atoms with Gasteiger partial charge in [-0.15, -0.1) is 0 Å². The first kappa shape index (κ1) is 23.4. The zero-order valence-electron chi connectivity index (χ0n) is 15.4. The Hall–Kier alpha value is -2.60. The van der Waals surface area contributed by atoms with E-state index < -0.39 is 12.3 Å². The second-order valence-electron chi connectivity index (χ2n) is 5.15. The van der Waals surface area contributed by atoms with Crippen LogP contribution in [-0.4, -0.2) is 90.3 Å². The highest BCUT2D eigenvalue weighted by atomic mass is 16.7. The summed E-state index contributed by atoms with van der Waals surface area (Å²) in [6.45, 7) is 4.23. The lowest BCUT2D eigenvalue weighted by Gasteiger charge is -2.09. The minimum absolute atomic E-state index is 0.125. The van der Waals surface area contributed by atoms with Crippen LogP contribution in [0.25, 0.3) is 0 Å². The largest absolute Gasteiger partial charge is 0.508 e. The van der Waals surface area contributed by atoms with Gasteiger partial charge in [-0.1, -0.05) is 0 Å². The van der Waals surface area contributed by atoms with E-state index in [1.54, 1.807) is 0 Å². The molecule has 0 aromatic carbocycles. The van der Waals surface area contributed by atoms with Crippen molar-refractivity contribution in [1.82, 2.24) is 0 Å². The Labute approximate surface area is 161 Å². The third-order valence-electron chi connectivity index (χ3n) is 2.88. The third kappa shape index (κ3) is 13.6. The molecule has 28 heavy (non-hydrogen) atoms.